The molecule has 3 rings (SSSR count). The molecule has 0 saturated heterocycles. The van der Waals surface area contributed by atoms with E-state index in [9.17, 15) is 4.79 Å². The van der Waals surface area contributed by atoms with Crippen LogP contribution in [0.4, 0.5) is 5.13 Å². The third kappa shape index (κ3) is 6.30. The Morgan fingerprint density at radius 3 is 2.82 bits per heavy atom. The van der Waals surface area contributed by atoms with Crippen LogP contribution in [0.5, 0.6) is 0 Å². The van der Waals surface area contributed by atoms with E-state index in [1.54, 1.807) is 30.2 Å². The minimum absolute atomic E-state index is 0.0257. The van der Waals surface area contributed by atoms with Crippen LogP contribution in [-0.2, 0) is 9.53 Å². The first-order valence-electron chi connectivity index (χ1n) is 8.83. The topological polar surface area (TPSA) is 76.1 Å². The smallest absolute Gasteiger partial charge is 0.221 e. The van der Waals surface area contributed by atoms with E-state index >= 15 is 0 Å². The van der Waals surface area contributed by atoms with E-state index in [4.69, 9.17) is 4.74 Å². The SMILES string of the molecule is COCCNc1nnc(SCCC(=O)NC(c2ccccc2)c2cccs2)s1. The summed E-state index contributed by atoms with van der Waals surface area (Å²) in [5.74, 6) is 0.683. The van der Waals surface area contributed by atoms with Gasteiger partial charge in [-0.25, -0.2) is 0 Å². The number of amides is 1. The van der Waals surface area contributed by atoms with Crippen LogP contribution >= 0.6 is 34.4 Å². The molecule has 2 heterocycles. The number of aromatic nitrogens is 2. The van der Waals surface area contributed by atoms with Crippen LogP contribution in [0, 0.1) is 0 Å². The van der Waals surface area contributed by atoms with Crippen LogP contribution in [0.1, 0.15) is 22.9 Å². The largest absolute Gasteiger partial charge is 0.383 e. The summed E-state index contributed by atoms with van der Waals surface area (Å²) < 4.78 is 5.85. The summed E-state index contributed by atoms with van der Waals surface area (Å²) in [6.07, 6.45) is 0.422. The summed E-state index contributed by atoms with van der Waals surface area (Å²) in [5, 5.41) is 17.3. The molecule has 0 aliphatic carbocycles. The Hall–Kier alpha value is -1.94. The zero-order valence-electron chi connectivity index (χ0n) is 15.5. The molecule has 6 nitrogen and oxygen atoms in total. The van der Waals surface area contributed by atoms with E-state index in [2.05, 4.69) is 26.9 Å². The number of carbonyl (C=O) groups is 1. The van der Waals surface area contributed by atoms with Crippen LogP contribution < -0.4 is 10.6 Å². The maximum atomic E-state index is 12.5. The fourth-order valence-corrected chi connectivity index (χ4v) is 5.07. The van der Waals surface area contributed by atoms with E-state index in [0.29, 0.717) is 25.3 Å². The highest BCUT2D eigenvalue weighted by Gasteiger charge is 2.17. The molecule has 1 unspecified atom stereocenters. The Morgan fingerprint density at radius 1 is 1.21 bits per heavy atom. The average molecular weight is 435 g/mol. The number of benzene rings is 1. The third-order valence-corrected chi connectivity index (χ3v) is 6.76. The standard InChI is InChI=1S/C19H22N4O2S3/c1-25-11-10-20-18-22-23-19(28-18)27-13-9-16(24)21-17(15-8-5-12-26-15)14-6-3-2-4-7-14/h2-8,12,17H,9-11,13H2,1H3,(H,20,22)(H,21,24). The van der Waals surface area contributed by atoms with Crippen molar-refractivity contribution in [2.24, 2.45) is 0 Å². The minimum atomic E-state index is -0.114. The quantitative estimate of drug-likeness (QED) is 0.350. The molecule has 0 aliphatic rings. The van der Waals surface area contributed by atoms with E-state index < -0.39 is 0 Å². The van der Waals surface area contributed by atoms with Crippen LogP contribution in [0.2, 0.25) is 0 Å². The molecule has 0 bridgehead atoms. The normalized spacial score (nSPS) is 11.9. The summed E-state index contributed by atoms with van der Waals surface area (Å²) in [7, 11) is 1.66. The second kappa shape index (κ2) is 11.2. The second-order valence-electron chi connectivity index (χ2n) is 5.82. The van der Waals surface area contributed by atoms with Crippen molar-refractivity contribution in [2.45, 2.75) is 16.8 Å². The van der Waals surface area contributed by atoms with Crippen molar-refractivity contribution in [3.8, 4) is 0 Å². The Bertz CT molecular complexity index is 840. The van der Waals surface area contributed by atoms with E-state index in [0.717, 1.165) is 19.9 Å². The van der Waals surface area contributed by atoms with Crippen molar-refractivity contribution in [2.75, 3.05) is 31.3 Å². The highest BCUT2D eigenvalue weighted by Crippen LogP contribution is 2.27. The predicted octanol–water partition coefficient (Wildman–Crippen LogP) is 4.05. The molecule has 2 N–H and O–H groups in total. The first-order chi connectivity index (χ1) is 13.8. The van der Waals surface area contributed by atoms with Crippen LogP contribution in [0.3, 0.4) is 0 Å². The van der Waals surface area contributed by atoms with Gasteiger partial charge in [0.2, 0.25) is 11.0 Å². The summed E-state index contributed by atoms with van der Waals surface area (Å²) in [5.41, 5.74) is 1.09. The van der Waals surface area contributed by atoms with E-state index in [1.807, 2.05) is 41.8 Å². The monoisotopic (exact) mass is 434 g/mol. The van der Waals surface area contributed by atoms with Crippen molar-refractivity contribution in [1.82, 2.24) is 15.5 Å². The molecule has 0 saturated carbocycles. The van der Waals surface area contributed by atoms with Gasteiger partial charge < -0.3 is 15.4 Å². The molecule has 1 atom stereocenters. The maximum absolute atomic E-state index is 12.5. The molecule has 0 fully saturated rings. The Balaban J connectivity index is 1.49. The highest BCUT2D eigenvalue weighted by atomic mass is 32.2. The van der Waals surface area contributed by atoms with Crippen molar-refractivity contribution < 1.29 is 9.53 Å². The molecular weight excluding hydrogens is 412 g/mol. The summed E-state index contributed by atoms with van der Waals surface area (Å²) >= 11 is 4.68. The molecular formula is C19H22N4O2S3. The number of thioether (sulfide) groups is 1. The highest BCUT2D eigenvalue weighted by molar-refractivity contribution is 8.01. The molecule has 148 valence electrons. The number of carbonyl (C=O) groups excluding carboxylic acids is 1. The van der Waals surface area contributed by atoms with Gasteiger partial charge >= 0.3 is 0 Å². The minimum Gasteiger partial charge on any atom is -0.383 e. The molecule has 0 spiro atoms. The fraction of sp³-hybridized carbons (Fsp3) is 0.316. The number of hydrogen-bond acceptors (Lipinski definition) is 8. The number of hydrogen-bond donors (Lipinski definition) is 2. The number of methoxy groups -OCH3 is 1. The molecule has 1 amide bonds. The first kappa shape index (κ1) is 20.8. The van der Waals surface area contributed by atoms with Gasteiger partial charge in [-0.1, -0.05) is 59.5 Å². The molecule has 0 aliphatic heterocycles. The lowest BCUT2D eigenvalue weighted by Crippen LogP contribution is -2.29. The summed E-state index contributed by atoms with van der Waals surface area (Å²) in [6.45, 7) is 1.32. The molecule has 28 heavy (non-hydrogen) atoms. The number of rotatable bonds is 11. The van der Waals surface area contributed by atoms with Gasteiger partial charge in [-0.3, -0.25) is 4.79 Å². The van der Waals surface area contributed by atoms with Gasteiger partial charge in [0.25, 0.3) is 0 Å². The molecule has 9 heteroatoms. The van der Waals surface area contributed by atoms with Crippen LogP contribution in [-0.4, -0.2) is 42.1 Å². The number of nitrogens with zero attached hydrogens (tertiary/aromatic N) is 2. The van der Waals surface area contributed by atoms with Gasteiger partial charge in [0.05, 0.1) is 12.6 Å². The zero-order valence-corrected chi connectivity index (χ0v) is 17.9. The van der Waals surface area contributed by atoms with E-state index in [-0.39, 0.29) is 11.9 Å². The van der Waals surface area contributed by atoms with Gasteiger partial charge in [-0.2, -0.15) is 0 Å². The van der Waals surface area contributed by atoms with Gasteiger partial charge in [-0.05, 0) is 17.0 Å². The lowest BCUT2D eigenvalue weighted by molar-refractivity contribution is -0.121. The van der Waals surface area contributed by atoms with Gasteiger partial charge in [0.15, 0.2) is 4.34 Å². The van der Waals surface area contributed by atoms with E-state index in [1.165, 1.54) is 11.3 Å². The number of ether oxygens (including phenoxy) is 1. The fourth-order valence-electron chi connectivity index (χ4n) is 2.48. The Labute approximate surface area is 176 Å². The van der Waals surface area contributed by atoms with Crippen molar-refractivity contribution in [3.63, 3.8) is 0 Å². The third-order valence-electron chi connectivity index (χ3n) is 3.81. The Kier molecular flexibility index (Phi) is 8.28. The average Bonchev–Trinajstić information content (AvgIpc) is 3.39. The van der Waals surface area contributed by atoms with Crippen LogP contribution in [0.25, 0.3) is 0 Å². The molecule has 3 aromatic rings. The van der Waals surface area contributed by atoms with Crippen molar-refractivity contribution in [1.29, 1.82) is 0 Å². The van der Waals surface area contributed by atoms with Gasteiger partial charge in [-0.15, -0.1) is 21.5 Å². The zero-order chi connectivity index (χ0) is 19.6. The predicted molar refractivity (Wildman–Crippen MR) is 116 cm³/mol. The first-order valence-corrected chi connectivity index (χ1v) is 11.5. The number of thiophene rings is 1. The lowest BCUT2D eigenvalue weighted by atomic mass is 10.1. The number of anilines is 1. The maximum Gasteiger partial charge on any atom is 0.221 e. The van der Waals surface area contributed by atoms with Gasteiger partial charge in [0, 0.05) is 30.7 Å². The van der Waals surface area contributed by atoms with Crippen LogP contribution in [0.15, 0.2) is 52.2 Å². The molecule has 1 aromatic carbocycles. The molecule has 2 aromatic heterocycles. The van der Waals surface area contributed by atoms with Crippen molar-refractivity contribution >= 4 is 45.5 Å². The van der Waals surface area contributed by atoms with Gasteiger partial charge in [0.1, 0.15) is 0 Å². The number of nitrogens with one attached hydrogen (secondary N) is 2. The summed E-state index contributed by atoms with van der Waals surface area (Å²) in [4.78, 5) is 13.6. The van der Waals surface area contributed by atoms with Crippen molar-refractivity contribution in [3.05, 3.63) is 58.3 Å². The second-order valence-corrected chi connectivity index (χ2v) is 9.12. The summed E-state index contributed by atoms with van der Waals surface area (Å²) in [6, 6.07) is 14.0. The molecule has 0 radical (unpaired) electrons. The Morgan fingerprint density at radius 2 is 2.07 bits per heavy atom. The lowest BCUT2D eigenvalue weighted by Gasteiger charge is -2.18.